The second-order valence-electron chi connectivity index (χ2n) is 3.25. The Hall–Kier alpha value is -1.09. The topological polar surface area (TPSA) is 46.2 Å². The number of aromatic hydroxyl groups is 1. The minimum absolute atomic E-state index is 0.199. The number of nitrogens with two attached hydrogens (primary N) is 1. The third kappa shape index (κ3) is 1.98. The van der Waals surface area contributed by atoms with Gasteiger partial charge in [0.1, 0.15) is 12.4 Å². The molecular weight excluding hydrogens is 169 g/mol. The van der Waals surface area contributed by atoms with E-state index in [1.165, 1.54) is 0 Å². The molecule has 0 radical (unpaired) electrons. The molecule has 1 aromatic carbocycles. The van der Waals surface area contributed by atoms with Gasteiger partial charge in [-0.25, -0.2) is 4.39 Å². The quantitative estimate of drug-likeness (QED) is 0.736. The van der Waals surface area contributed by atoms with Gasteiger partial charge in [-0.15, -0.1) is 0 Å². The number of halogens is 1. The molecule has 1 unspecified atom stereocenters. The standard InChI is InChI=1S/C10H14FNO/c1-6-3-8(13)4-7(2)10(6)9(12)5-11/h3-4,9,13H,5,12H2,1-2H3. The largest absolute Gasteiger partial charge is 0.508 e. The molecule has 0 aromatic heterocycles. The normalized spacial score (nSPS) is 12.9. The summed E-state index contributed by atoms with van der Waals surface area (Å²) in [7, 11) is 0. The summed E-state index contributed by atoms with van der Waals surface area (Å²) in [5, 5.41) is 9.24. The molecule has 3 heteroatoms. The molecule has 0 spiro atoms. The molecule has 2 nitrogen and oxygen atoms in total. The molecule has 13 heavy (non-hydrogen) atoms. The van der Waals surface area contributed by atoms with Crippen LogP contribution >= 0.6 is 0 Å². The molecule has 0 aliphatic rings. The van der Waals surface area contributed by atoms with Crippen molar-refractivity contribution >= 4 is 0 Å². The number of benzene rings is 1. The number of phenols is 1. The molecule has 0 aliphatic heterocycles. The fraction of sp³-hybridized carbons (Fsp3) is 0.400. The summed E-state index contributed by atoms with van der Waals surface area (Å²) in [5.74, 6) is 0.199. The lowest BCUT2D eigenvalue weighted by Gasteiger charge is -2.14. The Morgan fingerprint density at radius 3 is 2.23 bits per heavy atom. The number of aryl methyl sites for hydroxylation is 2. The van der Waals surface area contributed by atoms with E-state index in [4.69, 9.17) is 5.73 Å². The highest BCUT2D eigenvalue weighted by molar-refractivity contribution is 5.42. The van der Waals surface area contributed by atoms with Crippen LogP contribution in [0.3, 0.4) is 0 Å². The van der Waals surface area contributed by atoms with Gasteiger partial charge < -0.3 is 10.8 Å². The lowest BCUT2D eigenvalue weighted by Crippen LogP contribution is -2.15. The van der Waals surface area contributed by atoms with Gasteiger partial charge in [-0.05, 0) is 42.7 Å². The predicted octanol–water partition coefficient (Wildman–Crippen LogP) is 1.98. The van der Waals surface area contributed by atoms with Gasteiger partial charge in [-0.1, -0.05) is 0 Å². The third-order valence-corrected chi connectivity index (χ3v) is 2.12. The monoisotopic (exact) mass is 183 g/mol. The Morgan fingerprint density at radius 2 is 1.85 bits per heavy atom. The molecule has 0 amide bonds. The summed E-state index contributed by atoms with van der Waals surface area (Å²) in [6.45, 7) is 3.06. The summed E-state index contributed by atoms with van der Waals surface area (Å²) in [4.78, 5) is 0. The highest BCUT2D eigenvalue weighted by Gasteiger charge is 2.12. The lowest BCUT2D eigenvalue weighted by molar-refractivity contribution is 0.433. The smallest absolute Gasteiger partial charge is 0.116 e. The first kappa shape index (κ1) is 9.99. The van der Waals surface area contributed by atoms with Crippen molar-refractivity contribution in [1.29, 1.82) is 0 Å². The molecule has 72 valence electrons. The predicted molar refractivity (Wildman–Crippen MR) is 50.5 cm³/mol. The van der Waals surface area contributed by atoms with Gasteiger partial charge in [0.05, 0.1) is 6.04 Å². The van der Waals surface area contributed by atoms with E-state index in [-0.39, 0.29) is 5.75 Å². The second-order valence-corrected chi connectivity index (χ2v) is 3.25. The minimum Gasteiger partial charge on any atom is -0.508 e. The number of alkyl halides is 1. The average Bonchev–Trinajstić information content (AvgIpc) is 2.02. The van der Waals surface area contributed by atoms with Crippen molar-refractivity contribution < 1.29 is 9.50 Å². The van der Waals surface area contributed by atoms with Crippen LogP contribution in [-0.2, 0) is 0 Å². The highest BCUT2D eigenvalue weighted by Crippen LogP contribution is 2.25. The molecule has 0 saturated carbocycles. The van der Waals surface area contributed by atoms with Gasteiger partial charge in [-0.3, -0.25) is 0 Å². The molecule has 0 heterocycles. The van der Waals surface area contributed by atoms with Gasteiger partial charge in [0.25, 0.3) is 0 Å². The Labute approximate surface area is 77.2 Å². The fourth-order valence-corrected chi connectivity index (χ4v) is 1.61. The summed E-state index contributed by atoms with van der Waals surface area (Å²) < 4.78 is 12.3. The molecule has 3 N–H and O–H groups in total. The summed E-state index contributed by atoms with van der Waals surface area (Å²) in [6.07, 6.45) is 0. The number of hydrogen-bond acceptors (Lipinski definition) is 2. The maximum absolute atomic E-state index is 12.3. The van der Waals surface area contributed by atoms with E-state index in [1.807, 2.05) is 13.8 Å². The fourth-order valence-electron chi connectivity index (χ4n) is 1.61. The van der Waals surface area contributed by atoms with E-state index >= 15 is 0 Å². The van der Waals surface area contributed by atoms with Crippen LogP contribution in [0.2, 0.25) is 0 Å². The van der Waals surface area contributed by atoms with E-state index in [9.17, 15) is 9.50 Å². The Kier molecular flexibility index (Phi) is 2.88. The van der Waals surface area contributed by atoms with Crippen LogP contribution in [0.15, 0.2) is 12.1 Å². The average molecular weight is 183 g/mol. The van der Waals surface area contributed by atoms with Gasteiger partial charge >= 0.3 is 0 Å². The molecule has 0 aliphatic carbocycles. The number of rotatable bonds is 2. The Morgan fingerprint density at radius 1 is 1.38 bits per heavy atom. The van der Waals surface area contributed by atoms with Crippen LogP contribution in [0, 0.1) is 13.8 Å². The first-order valence-electron chi connectivity index (χ1n) is 4.18. The summed E-state index contributed by atoms with van der Waals surface area (Å²) in [5.41, 5.74) is 8.05. The van der Waals surface area contributed by atoms with E-state index in [2.05, 4.69) is 0 Å². The van der Waals surface area contributed by atoms with Crippen LogP contribution in [0.5, 0.6) is 5.75 Å². The SMILES string of the molecule is Cc1cc(O)cc(C)c1C(N)CF. The molecule has 1 aromatic rings. The van der Waals surface area contributed by atoms with Crippen molar-refractivity contribution in [1.82, 2.24) is 0 Å². The number of hydrogen-bond donors (Lipinski definition) is 2. The maximum atomic E-state index is 12.3. The summed E-state index contributed by atoms with van der Waals surface area (Å²) in [6, 6.07) is 2.61. The van der Waals surface area contributed by atoms with Crippen LogP contribution in [-0.4, -0.2) is 11.8 Å². The molecular formula is C10H14FNO. The summed E-state index contributed by atoms with van der Waals surface area (Å²) >= 11 is 0. The highest BCUT2D eigenvalue weighted by atomic mass is 19.1. The van der Waals surface area contributed by atoms with Crippen molar-refractivity contribution in [2.75, 3.05) is 6.67 Å². The Bertz CT molecular complexity index is 289. The minimum atomic E-state index is -0.583. The van der Waals surface area contributed by atoms with Crippen LogP contribution < -0.4 is 5.73 Å². The maximum Gasteiger partial charge on any atom is 0.116 e. The van der Waals surface area contributed by atoms with Gasteiger partial charge in [-0.2, -0.15) is 0 Å². The zero-order chi connectivity index (χ0) is 10.0. The van der Waals surface area contributed by atoms with E-state index in [1.54, 1.807) is 12.1 Å². The molecule has 1 rings (SSSR count). The van der Waals surface area contributed by atoms with Crippen LogP contribution in [0.4, 0.5) is 4.39 Å². The van der Waals surface area contributed by atoms with Crippen LogP contribution in [0.1, 0.15) is 22.7 Å². The van der Waals surface area contributed by atoms with Crippen molar-refractivity contribution in [2.45, 2.75) is 19.9 Å². The first-order valence-corrected chi connectivity index (χ1v) is 4.18. The van der Waals surface area contributed by atoms with E-state index < -0.39 is 12.7 Å². The number of phenolic OH excluding ortho intramolecular Hbond substituents is 1. The van der Waals surface area contributed by atoms with Crippen molar-refractivity contribution in [3.8, 4) is 5.75 Å². The van der Waals surface area contributed by atoms with Gasteiger partial charge in [0.2, 0.25) is 0 Å². The zero-order valence-corrected chi connectivity index (χ0v) is 7.84. The zero-order valence-electron chi connectivity index (χ0n) is 7.84. The van der Waals surface area contributed by atoms with E-state index in [0.717, 1.165) is 16.7 Å². The molecule has 0 saturated heterocycles. The van der Waals surface area contributed by atoms with Gasteiger partial charge in [0.15, 0.2) is 0 Å². The molecule has 0 fully saturated rings. The molecule has 0 bridgehead atoms. The lowest BCUT2D eigenvalue weighted by atomic mass is 9.97. The van der Waals surface area contributed by atoms with Crippen molar-refractivity contribution in [3.63, 3.8) is 0 Å². The first-order chi connectivity index (χ1) is 6.06. The second kappa shape index (κ2) is 3.75. The van der Waals surface area contributed by atoms with Crippen LogP contribution in [0.25, 0.3) is 0 Å². The van der Waals surface area contributed by atoms with E-state index in [0.29, 0.717) is 0 Å². The molecule has 1 atom stereocenters. The van der Waals surface area contributed by atoms with Crippen molar-refractivity contribution in [3.05, 3.63) is 28.8 Å². The third-order valence-electron chi connectivity index (χ3n) is 2.12. The Balaban J connectivity index is 3.20. The van der Waals surface area contributed by atoms with Gasteiger partial charge in [0, 0.05) is 0 Å². The van der Waals surface area contributed by atoms with Crippen molar-refractivity contribution in [2.24, 2.45) is 5.73 Å².